The summed E-state index contributed by atoms with van der Waals surface area (Å²) in [4.78, 5) is 0. The van der Waals surface area contributed by atoms with Gasteiger partial charge in [-0.3, -0.25) is 0 Å². The number of rotatable bonds is 3. The van der Waals surface area contributed by atoms with Crippen LogP contribution in [-0.4, -0.2) is 21.9 Å². The summed E-state index contributed by atoms with van der Waals surface area (Å²) in [6.07, 6.45) is -0.214. The topological polar surface area (TPSA) is 20.2 Å². The van der Waals surface area contributed by atoms with Crippen molar-refractivity contribution in [3.05, 3.63) is 0 Å². The largest absolute Gasteiger partial charge is 0.392 e. The summed E-state index contributed by atoms with van der Waals surface area (Å²) < 4.78 is 0. The van der Waals surface area contributed by atoms with Crippen LogP contribution >= 0.6 is 31.9 Å². The van der Waals surface area contributed by atoms with Gasteiger partial charge in [0.2, 0.25) is 0 Å². The van der Waals surface area contributed by atoms with Crippen LogP contribution in [0.2, 0.25) is 0 Å². The Kier molecular flexibility index (Phi) is 5.31. The van der Waals surface area contributed by atoms with E-state index in [1.54, 1.807) is 0 Å². The Bertz CT molecular complexity index is 50.4. The first-order valence-electron chi connectivity index (χ1n) is 2.52. The van der Waals surface area contributed by atoms with Gasteiger partial charge in [-0.25, -0.2) is 0 Å². The molecule has 50 valence electrons. The van der Waals surface area contributed by atoms with Gasteiger partial charge >= 0.3 is 0 Å². The Labute approximate surface area is 66.7 Å². The molecule has 0 aliphatic carbocycles. The Morgan fingerprint density at radius 2 is 1.88 bits per heavy atom. The zero-order valence-electron chi connectivity index (χ0n) is 4.77. The minimum atomic E-state index is -0.214. The molecule has 1 N–H and O–H groups in total. The molecule has 0 spiro atoms. The van der Waals surface area contributed by atoms with Gasteiger partial charge in [0.1, 0.15) is 0 Å². The van der Waals surface area contributed by atoms with Crippen LogP contribution in [0.15, 0.2) is 0 Å². The highest BCUT2D eigenvalue weighted by atomic mass is 79.9. The summed E-state index contributed by atoms with van der Waals surface area (Å²) in [5.74, 6) is 0.342. The average molecular weight is 246 g/mol. The molecule has 8 heavy (non-hydrogen) atoms. The molecule has 2 unspecified atom stereocenters. The van der Waals surface area contributed by atoms with Gasteiger partial charge in [0.15, 0.2) is 0 Å². The van der Waals surface area contributed by atoms with E-state index in [0.717, 1.165) is 5.33 Å². The predicted octanol–water partition coefficient (Wildman–Crippen LogP) is 1.77. The van der Waals surface area contributed by atoms with Gasteiger partial charge < -0.3 is 5.11 Å². The third-order valence-corrected chi connectivity index (χ3v) is 2.74. The van der Waals surface area contributed by atoms with E-state index in [9.17, 15) is 0 Å². The lowest BCUT2D eigenvalue weighted by Gasteiger charge is -2.11. The summed E-state index contributed by atoms with van der Waals surface area (Å²) >= 11 is 6.46. The molecule has 0 aliphatic rings. The molecule has 2 atom stereocenters. The molecule has 0 rings (SSSR count). The molecular weight excluding hydrogens is 236 g/mol. The smallest absolute Gasteiger partial charge is 0.0670 e. The van der Waals surface area contributed by atoms with Crippen LogP contribution < -0.4 is 0 Å². The summed E-state index contributed by atoms with van der Waals surface area (Å²) in [6.45, 7) is 2.00. The number of hydrogen-bond donors (Lipinski definition) is 1. The van der Waals surface area contributed by atoms with Crippen molar-refractivity contribution in [3.8, 4) is 0 Å². The maximum Gasteiger partial charge on any atom is 0.0670 e. The van der Waals surface area contributed by atoms with Crippen molar-refractivity contribution < 1.29 is 5.11 Å². The van der Waals surface area contributed by atoms with Crippen molar-refractivity contribution in [3.63, 3.8) is 0 Å². The van der Waals surface area contributed by atoms with Crippen LogP contribution in [0.1, 0.15) is 6.92 Å². The van der Waals surface area contributed by atoms with Crippen LogP contribution in [0.3, 0.4) is 0 Å². The van der Waals surface area contributed by atoms with Gasteiger partial charge in [-0.15, -0.1) is 0 Å². The molecule has 0 aromatic rings. The molecule has 0 aliphatic heterocycles. The van der Waals surface area contributed by atoms with E-state index in [2.05, 4.69) is 31.9 Å². The van der Waals surface area contributed by atoms with Crippen LogP contribution in [0, 0.1) is 5.92 Å². The minimum absolute atomic E-state index is 0.214. The van der Waals surface area contributed by atoms with Gasteiger partial charge in [0, 0.05) is 10.7 Å². The number of aliphatic hydroxyl groups is 1. The van der Waals surface area contributed by atoms with E-state index >= 15 is 0 Å². The van der Waals surface area contributed by atoms with Gasteiger partial charge in [0.25, 0.3) is 0 Å². The molecule has 0 aromatic heterocycles. The molecule has 0 radical (unpaired) electrons. The van der Waals surface area contributed by atoms with Crippen LogP contribution in [0.5, 0.6) is 0 Å². The van der Waals surface area contributed by atoms with Crippen LogP contribution in [0.25, 0.3) is 0 Å². The molecule has 0 bridgehead atoms. The summed E-state index contributed by atoms with van der Waals surface area (Å²) in [6, 6.07) is 0. The predicted molar refractivity (Wildman–Crippen MR) is 42.8 cm³/mol. The van der Waals surface area contributed by atoms with Gasteiger partial charge in [-0.05, 0) is 5.92 Å². The van der Waals surface area contributed by atoms with Crippen molar-refractivity contribution in [1.82, 2.24) is 0 Å². The van der Waals surface area contributed by atoms with Crippen LogP contribution in [0.4, 0.5) is 0 Å². The highest BCUT2D eigenvalue weighted by Gasteiger charge is 2.09. The van der Waals surface area contributed by atoms with Crippen molar-refractivity contribution >= 4 is 31.9 Å². The number of halogens is 2. The highest BCUT2D eigenvalue weighted by molar-refractivity contribution is 9.09. The first-order chi connectivity index (χ1) is 3.72. The first kappa shape index (κ1) is 8.92. The molecule has 0 fully saturated rings. The Morgan fingerprint density at radius 1 is 1.38 bits per heavy atom. The Balaban J connectivity index is 3.29. The fourth-order valence-electron chi connectivity index (χ4n) is 0.255. The second-order valence-electron chi connectivity index (χ2n) is 1.85. The summed E-state index contributed by atoms with van der Waals surface area (Å²) in [5.41, 5.74) is 0. The number of aliphatic hydroxyl groups excluding tert-OH is 1. The zero-order valence-corrected chi connectivity index (χ0v) is 7.94. The Morgan fingerprint density at radius 3 is 2.00 bits per heavy atom. The number of alkyl halides is 2. The van der Waals surface area contributed by atoms with E-state index in [1.165, 1.54) is 0 Å². The molecule has 0 saturated carbocycles. The Hall–Kier alpha value is 0.920. The average Bonchev–Trinajstić information content (AvgIpc) is 1.84. The first-order valence-corrected chi connectivity index (χ1v) is 4.76. The van der Waals surface area contributed by atoms with Gasteiger partial charge in [-0.1, -0.05) is 38.8 Å². The molecular formula is C5H10Br2O. The second kappa shape index (κ2) is 4.77. The summed E-state index contributed by atoms with van der Waals surface area (Å²) in [7, 11) is 0. The lowest BCUT2D eigenvalue weighted by atomic mass is 10.1. The molecule has 0 heterocycles. The SMILES string of the molecule is CC(CBr)C(O)CBr. The van der Waals surface area contributed by atoms with E-state index in [1.807, 2.05) is 6.92 Å². The molecule has 0 amide bonds. The van der Waals surface area contributed by atoms with Gasteiger partial charge in [-0.2, -0.15) is 0 Å². The lowest BCUT2D eigenvalue weighted by molar-refractivity contribution is 0.153. The minimum Gasteiger partial charge on any atom is -0.392 e. The third kappa shape index (κ3) is 3.05. The standard InChI is InChI=1S/C5H10Br2O/c1-4(2-6)5(8)3-7/h4-5,8H,2-3H2,1H3. The normalized spacial score (nSPS) is 18.0. The molecule has 0 saturated heterocycles. The highest BCUT2D eigenvalue weighted by Crippen LogP contribution is 2.07. The maximum atomic E-state index is 9.05. The van der Waals surface area contributed by atoms with E-state index in [0.29, 0.717) is 11.2 Å². The fourth-order valence-corrected chi connectivity index (χ4v) is 1.32. The van der Waals surface area contributed by atoms with E-state index < -0.39 is 0 Å². The molecule has 3 heteroatoms. The van der Waals surface area contributed by atoms with Gasteiger partial charge in [0.05, 0.1) is 6.10 Å². The van der Waals surface area contributed by atoms with E-state index in [-0.39, 0.29) is 6.10 Å². The van der Waals surface area contributed by atoms with Crippen molar-refractivity contribution in [2.24, 2.45) is 5.92 Å². The summed E-state index contributed by atoms with van der Waals surface area (Å²) in [5, 5.41) is 10.6. The maximum absolute atomic E-state index is 9.05. The monoisotopic (exact) mass is 244 g/mol. The lowest BCUT2D eigenvalue weighted by Crippen LogP contribution is -2.19. The van der Waals surface area contributed by atoms with E-state index in [4.69, 9.17) is 5.11 Å². The van der Waals surface area contributed by atoms with Crippen molar-refractivity contribution in [2.75, 3.05) is 10.7 Å². The fraction of sp³-hybridized carbons (Fsp3) is 1.00. The van der Waals surface area contributed by atoms with Crippen molar-refractivity contribution in [1.29, 1.82) is 0 Å². The van der Waals surface area contributed by atoms with Crippen LogP contribution in [-0.2, 0) is 0 Å². The molecule has 0 aromatic carbocycles. The van der Waals surface area contributed by atoms with Crippen molar-refractivity contribution in [2.45, 2.75) is 13.0 Å². The zero-order chi connectivity index (χ0) is 6.57. The molecule has 1 nitrogen and oxygen atoms in total. The second-order valence-corrected chi connectivity index (χ2v) is 3.15. The third-order valence-electron chi connectivity index (χ3n) is 1.06. The quantitative estimate of drug-likeness (QED) is 0.752. The number of hydrogen-bond acceptors (Lipinski definition) is 1.